The van der Waals surface area contributed by atoms with Crippen molar-refractivity contribution in [1.82, 2.24) is 15.0 Å². The molecule has 0 radical (unpaired) electrons. The van der Waals surface area contributed by atoms with Crippen molar-refractivity contribution in [2.75, 3.05) is 0 Å². The molecule has 0 aliphatic rings. The summed E-state index contributed by atoms with van der Waals surface area (Å²) in [4.78, 5) is 15.5. The average Bonchev–Trinajstić information content (AvgIpc) is 3.54. The average molecular weight is 615 g/mol. The van der Waals surface area contributed by atoms with E-state index in [4.69, 9.17) is 15.0 Å². The van der Waals surface area contributed by atoms with Crippen LogP contribution >= 0.6 is 0 Å². The second-order valence-electron chi connectivity index (χ2n) is 10.4. The summed E-state index contributed by atoms with van der Waals surface area (Å²) in [5.41, 5.74) is 9.43. The van der Waals surface area contributed by atoms with Gasteiger partial charge >= 0.3 is 245 Å². The van der Waals surface area contributed by atoms with E-state index in [2.05, 4.69) is 140 Å². The molecule has 0 aliphatic carbocycles. The van der Waals surface area contributed by atoms with E-state index in [0.717, 1.165) is 44.7 Å². The van der Waals surface area contributed by atoms with Crippen LogP contribution in [-0.2, 0) is 0 Å². The van der Waals surface area contributed by atoms with Crippen LogP contribution in [0.1, 0.15) is 0 Å². The van der Waals surface area contributed by atoms with Crippen LogP contribution in [0.25, 0.3) is 75.7 Å². The van der Waals surface area contributed by atoms with Crippen LogP contribution in [0.4, 0.5) is 0 Å². The molecule has 0 bridgehead atoms. The monoisotopic (exact) mass is 615 g/mol. The van der Waals surface area contributed by atoms with Crippen molar-refractivity contribution in [2.45, 2.75) is 0 Å². The first kappa shape index (κ1) is 25.6. The minimum absolute atomic E-state index is 0.131. The van der Waals surface area contributed by atoms with Gasteiger partial charge in [-0.2, -0.15) is 0 Å². The summed E-state index contributed by atoms with van der Waals surface area (Å²) in [6.07, 6.45) is 0. The van der Waals surface area contributed by atoms with E-state index in [1.807, 2.05) is 12.1 Å². The van der Waals surface area contributed by atoms with Gasteiger partial charge in [-0.25, -0.2) is 0 Å². The maximum absolute atomic E-state index is 5.18. The third-order valence-corrected chi connectivity index (χ3v) is 10.2. The summed E-state index contributed by atoms with van der Waals surface area (Å²) in [6.45, 7) is 0. The molecule has 43 heavy (non-hydrogen) atoms. The third-order valence-electron chi connectivity index (χ3n) is 7.74. The predicted octanol–water partition coefficient (Wildman–Crippen LogP) is 9.57. The van der Waals surface area contributed by atoms with Gasteiger partial charge in [-0.15, -0.1) is 0 Å². The van der Waals surface area contributed by atoms with Crippen molar-refractivity contribution in [2.24, 2.45) is 0 Å². The Morgan fingerprint density at radius 3 is 1.53 bits per heavy atom. The molecule has 0 unspecified atom stereocenters. The number of aromatic nitrogens is 3. The first-order chi connectivity index (χ1) is 21.3. The minimum atomic E-state index is 0.131. The van der Waals surface area contributed by atoms with Gasteiger partial charge in [-0.3, -0.25) is 0 Å². The van der Waals surface area contributed by atoms with Crippen molar-refractivity contribution in [3.8, 4) is 55.2 Å². The van der Waals surface area contributed by atoms with E-state index < -0.39 is 0 Å². The molecule has 0 N–H and O–H groups in total. The first-order valence-corrected chi connectivity index (χ1v) is 16.0. The predicted molar refractivity (Wildman–Crippen MR) is 179 cm³/mol. The number of hydrogen-bond acceptors (Lipinski definition) is 3. The molecule has 0 spiro atoms. The number of rotatable bonds is 5. The molecule has 2 heterocycles. The van der Waals surface area contributed by atoms with Crippen LogP contribution in [-0.4, -0.2) is 29.5 Å². The second kappa shape index (κ2) is 10.9. The maximum atomic E-state index is 5.18. The fourth-order valence-electron chi connectivity index (χ4n) is 5.67. The summed E-state index contributed by atoms with van der Waals surface area (Å²) in [5, 5.41) is 2.49. The van der Waals surface area contributed by atoms with E-state index in [1.165, 1.54) is 25.2 Å². The molecule has 0 saturated heterocycles. The van der Waals surface area contributed by atoms with Crippen LogP contribution in [0.5, 0.6) is 0 Å². The van der Waals surface area contributed by atoms with Gasteiger partial charge in [0.1, 0.15) is 0 Å². The Hall–Kier alpha value is -5.15. The molecule has 0 saturated carbocycles. The molecule has 8 rings (SSSR count). The normalized spacial score (nSPS) is 11.3. The molecule has 0 amide bonds. The van der Waals surface area contributed by atoms with E-state index >= 15 is 0 Å². The van der Waals surface area contributed by atoms with E-state index in [9.17, 15) is 0 Å². The first-order valence-electron chi connectivity index (χ1n) is 14.3. The Kier molecular flexibility index (Phi) is 6.49. The van der Waals surface area contributed by atoms with Gasteiger partial charge in [0, 0.05) is 0 Å². The number of fused-ring (bicyclic) bond motifs is 3. The van der Waals surface area contributed by atoms with Gasteiger partial charge in [0.25, 0.3) is 0 Å². The van der Waals surface area contributed by atoms with Crippen molar-refractivity contribution in [1.29, 1.82) is 0 Å². The molecule has 4 heteroatoms. The summed E-state index contributed by atoms with van der Waals surface area (Å²) in [7, 11) is 0. The van der Waals surface area contributed by atoms with Crippen molar-refractivity contribution < 1.29 is 0 Å². The van der Waals surface area contributed by atoms with Crippen LogP contribution < -0.4 is 0 Å². The summed E-state index contributed by atoms with van der Waals surface area (Å²) in [6, 6.07) is 52.8. The van der Waals surface area contributed by atoms with Gasteiger partial charge in [-0.05, 0) is 0 Å². The third kappa shape index (κ3) is 4.77. The topological polar surface area (TPSA) is 38.7 Å². The Morgan fingerprint density at radius 2 is 0.907 bits per heavy atom. The van der Waals surface area contributed by atoms with E-state index in [-0.39, 0.29) is 14.5 Å². The van der Waals surface area contributed by atoms with Gasteiger partial charge < -0.3 is 0 Å². The fraction of sp³-hybridized carbons (Fsp3) is 0. The molecular weight excluding hydrogens is 589 g/mol. The molecular formula is C39H25N3Se. The zero-order valence-electron chi connectivity index (χ0n) is 23.2. The van der Waals surface area contributed by atoms with Crippen LogP contribution in [0.2, 0.25) is 0 Å². The summed E-state index contributed by atoms with van der Waals surface area (Å²) >= 11 is 0.131. The Morgan fingerprint density at radius 1 is 0.395 bits per heavy atom. The van der Waals surface area contributed by atoms with Crippen LogP contribution in [0.3, 0.4) is 0 Å². The number of nitrogens with zero attached hydrogens (tertiary/aromatic N) is 3. The SMILES string of the molecule is c1ccc(-c2cc(-c3ccccc3)nc(-c3ccccc3-c3cc4nc(-c5ccccc5)[se]c4c4ccccc34)n2)cc1. The standard InChI is InChI=1S/C39H25N3Se/c1-4-14-26(15-5-1)34-25-35(27-16-6-2-7-17-27)41-38(40-34)32-23-13-11-21-30(32)33-24-36-37(31-22-12-10-20-29(31)33)43-39(42-36)28-18-8-3-9-19-28/h1-25H. The van der Waals surface area contributed by atoms with Gasteiger partial charge in [0.05, 0.1) is 0 Å². The number of benzene rings is 6. The van der Waals surface area contributed by atoms with Gasteiger partial charge in [0.15, 0.2) is 0 Å². The van der Waals surface area contributed by atoms with Gasteiger partial charge in [-0.1, -0.05) is 12.1 Å². The molecule has 202 valence electrons. The molecule has 0 fully saturated rings. The van der Waals surface area contributed by atoms with Crippen molar-refractivity contribution >= 4 is 35.1 Å². The molecule has 8 aromatic rings. The van der Waals surface area contributed by atoms with Gasteiger partial charge in [0.2, 0.25) is 0 Å². The number of hydrogen-bond donors (Lipinski definition) is 0. The quantitative estimate of drug-likeness (QED) is 0.181. The molecule has 6 aromatic carbocycles. The fourth-order valence-corrected chi connectivity index (χ4v) is 7.96. The Labute approximate surface area is 255 Å². The summed E-state index contributed by atoms with van der Waals surface area (Å²) in [5.74, 6) is 0.707. The second-order valence-corrected chi connectivity index (χ2v) is 12.5. The molecule has 3 nitrogen and oxygen atoms in total. The molecule has 2 aromatic heterocycles. The zero-order chi connectivity index (χ0) is 28.6. The molecule has 0 atom stereocenters. The zero-order valence-corrected chi connectivity index (χ0v) is 24.9. The van der Waals surface area contributed by atoms with E-state index in [0.29, 0.717) is 5.82 Å². The van der Waals surface area contributed by atoms with Crippen molar-refractivity contribution in [3.63, 3.8) is 0 Å². The Bertz CT molecular complexity index is 2170. The van der Waals surface area contributed by atoms with Crippen molar-refractivity contribution in [3.05, 3.63) is 152 Å². The van der Waals surface area contributed by atoms with Crippen LogP contribution in [0, 0.1) is 0 Å². The molecule has 0 aliphatic heterocycles. The summed E-state index contributed by atoms with van der Waals surface area (Å²) < 4.78 is 2.52. The Balaban J connectivity index is 1.36. The van der Waals surface area contributed by atoms with E-state index in [1.54, 1.807) is 0 Å². The van der Waals surface area contributed by atoms with Crippen LogP contribution in [0.15, 0.2) is 152 Å².